The third-order valence-electron chi connectivity index (χ3n) is 4.01. The lowest BCUT2D eigenvalue weighted by Gasteiger charge is -2.28. The number of aryl methyl sites for hydroxylation is 1. The summed E-state index contributed by atoms with van der Waals surface area (Å²) in [4.78, 5) is 28.4. The van der Waals surface area contributed by atoms with E-state index < -0.39 is 17.3 Å². The van der Waals surface area contributed by atoms with Crippen molar-refractivity contribution in [3.63, 3.8) is 0 Å². The number of amides is 2. The van der Waals surface area contributed by atoms with Gasteiger partial charge < -0.3 is 14.4 Å². The predicted molar refractivity (Wildman–Crippen MR) is 107 cm³/mol. The molecule has 1 aliphatic rings. The highest BCUT2D eigenvalue weighted by Crippen LogP contribution is 2.24. The van der Waals surface area contributed by atoms with Gasteiger partial charge in [-0.05, 0) is 61.8 Å². The molecule has 1 aromatic rings. The molecule has 8 heteroatoms. The van der Waals surface area contributed by atoms with Crippen molar-refractivity contribution in [3.05, 3.63) is 11.8 Å². The molecule has 28 heavy (non-hydrogen) atoms. The number of carbonyl (C=O) groups is 2. The average molecular weight is 395 g/mol. The Labute approximate surface area is 167 Å². The maximum Gasteiger partial charge on any atom is 0.416 e. The standard InChI is InChI=1S/C20H34N4O4/c1-14(2)24(18(26)28-20(6,7)8)16-12-15-13-22(10-9-11-23(15)21-16)17(25)27-19(3,4)5/h12,14H,9-11,13H2,1-8H3. The molecule has 0 fully saturated rings. The van der Waals surface area contributed by atoms with Gasteiger partial charge in [-0.15, -0.1) is 0 Å². The smallest absolute Gasteiger partial charge is 0.416 e. The zero-order valence-corrected chi connectivity index (χ0v) is 18.4. The summed E-state index contributed by atoms with van der Waals surface area (Å²) in [6.45, 7) is 16.6. The number of hydrogen-bond donors (Lipinski definition) is 0. The number of fused-ring (bicyclic) bond motifs is 1. The number of rotatable bonds is 2. The Morgan fingerprint density at radius 2 is 1.68 bits per heavy atom. The highest BCUT2D eigenvalue weighted by Gasteiger charge is 2.30. The lowest BCUT2D eigenvalue weighted by Crippen LogP contribution is -2.41. The van der Waals surface area contributed by atoms with E-state index in [0.29, 0.717) is 25.5 Å². The predicted octanol–water partition coefficient (Wildman–Crippen LogP) is 4.17. The third kappa shape index (κ3) is 5.87. The van der Waals surface area contributed by atoms with Crippen LogP contribution in [-0.4, -0.2) is 50.7 Å². The van der Waals surface area contributed by atoms with Crippen LogP contribution in [0.3, 0.4) is 0 Å². The Balaban J connectivity index is 2.24. The Morgan fingerprint density at radius 1 is 1.07 bits per heavy atom. The van der Waals surface area contributed by atoms with Gasteiger partial charge in [0.2, 0.25) is 0 Å². The van der Waals surface area contributed by atoms with Crippen molar-refractivity contribution in [2.24, 2.45) is 0 Å². The molecule has 1 aromatic heterocycles. The molecule has 0 saturated heterocycles. The summed E-state index contributed by atoms with van der Waals surface area (Å²) in [5.74, 6) is 0.533. The number of ether oxygens (including phenoxy) is 2. The molecule has 158 valence electrons. The van der Waals surface area contributed by atoms with Crippen LogP contribution in [0.5, 0.6) is 0 Å². The molecule has 0 N–H and O–H groups in total. The van der Waals surface area contributed by atoms with E-state index >= 15 is 0 Å². The number of carbonyl (C=O) groups excluding carboxylic acids is 2. The fourth-order valence-corrected chi connectivity index (χ4v) is 2.93. The molecule has 0 aromatic carbocycles. The molecule has 2 heterocycles. The Morgan fingerprint density at radius 3 is 2.21 bits per heavy atom. The number of aromatic nitrogens is 2. The zero-order valence-electron chi connectivity index (χ0n) is 18.4. The van der Waals surface area contributed by atoms with E-state index in [9.17, 15) is 9.59 Å². The molecular weight excluding hydrogens is 360 g/mol. The van der Waals surface area contributed by atoms with Crippen LogP contribution >= 0.6 is 0 Å². The zero-order chi connectivity index (χ0) is 21.3. The van der Waals surface area contributed by atoms with E-state index in [1.807, 2.05) is 66.1 Å². The maximum atomic E-state index is 12.7. The summed E-state index contributed by atoms with van der Waals surface area (Å²) in [5.41, 5.74) is -0.262. The van der Waals surface area contributed by atoms with Gasteiger partial charge in [0.05, 0.1) is 12.2 Å². The molecule has 8 nitrogen and oxygen atoms in total. The Bertz CT molecular complexity index is 713. The van der Waals surface area contributed by atoms with Gasteiger partial charge in [-0.3, -0.25) is 9.58 Å². The van der Waals surface area contributed by atoms with Crippen molar-refractivity contribution < 1.29 is 19.1 Å². The second-order valence-electron chi connectivity index (χ2n) is 9.42. The molecule has 1 aliphatic heterocycles. The van der Waals surface area contributed by atoms with Gasteiger partial charge in [0.1, 0.15) is 11.2 Å². The van der Waals surface area contributed by atoms with Gasteiger partial charge in [0.25, 0.3) is 0 Å². The lowest BCUT2D eigenvalue weighted by atomic mass is 10.2. The molecular formula is C20H34N4O4. The van der Waals surface area contributed by atoms with Crippen molar-refractivity contribution in [3.8, 4) is 0 Å². The number of nitrogens with zero attached hydrogens (tertiary/aromatic N) is 4. The van der Waals surface area contributed by atoms with Crippen LogP contribution in [0.1, 0.15) is 67.5 Å². The third-order valence-corrected chi connectivity index (χ3v) is 4.01. The quantitative estimate of drug-likeness (QED) is 0.752. The first-order valence-electron chi connectivity index (χ1n) is 9.84. The number of anilines is 1. The fourth-order valence-electron chi connectivity index (χ4n) is 2.93. The van der Waals surface area contributed by atoms with E-state index in [4.69, 9.17) is 9.47 Å². The summed E-state index contributed by atoms with van der Waals surface area (Å²) in [5, 5.41) is 4.61. The van der Waals surface area contributed by atoms with Crippen LogP contribution < -0.4 is 4.90 Å². The van der Waals surface area contributed by atoms with Crippen molar-refractivity contribution >= 4 is 18.0 Å². The van der Waals surface area contributed by atoms with E-state index in [0.717, 1.165) is 12.1 Å². The van der Waals surface area contributed by atoms with Crippen molar-refractivity contribution in [1.29, 1.82) is 0 Å². The minimum atomic E-state index is -0.589. The second kappa shape index (κ2) is 8.01. The molecule has 0 aliphatic carbocycles. The van der Waals surface area contributed by atoms with Gasteiger partial charge >= 0.3 is 12.2 Å². The monoisotopic (exact) mass is 394 g/mol. The molecule has 0 radical (unpaired) electrons. The van der Waals surface area contributed by atoms with E-state index in [1.165, 1.54) is 0 Å². The Kier molecular flexibility index (Phi) is 6.31. The van der Waals surface area contributed by atoms with Crippen LogP contribution in [0.2, 0.25) is 0 Å². The highest BCUT2D eigenvalue weighted by molar-refractivity contribution is 5.87. The molecule has 2 amide bonds. The highest BCUT2D eigenvalue weighted by atomic mass is 16.6. The summed E-state index contributed by atoms with van der Waals surface area (Å²) < 4.78 is 12.9. The average Bonchev–Trinajstić information content (AvgIpc) is 2.73. The Hall–Kier alpha value is -2.25. The largest absolute Gasteiger partial charge is 0.444 e. The van der Waals surface area contributed by atoms with Crippen molar-refractivity contribution in [2.75, 3.05) is 11.4 Å². The minimum absolute atomic E-state index is 0.115. The van der Waals surface area contributed by atoms with Gasteiger partial charge in [-0.2, -0.15) is 5.10 Å². The van der Waals surface area contributed by atoms with Crippen LogP contribution in [0.4, 0.5) is 15.4 Å². The number of hydrogen-bond acceptors (Lipinski definition) is 5. The SMILES string of the molecule is CC(C)N(C(=O)OC(C)(C)C)c1cc2n(n1)CCCN(C(=O)OC(C)(C)C)C2. The minimum Gasteiger partial charge on any atom is -0.444 e. The van der Waals surface area contributed by atoms with E-state index in [-0.39, 0.29) is 12.1 Å². The van der Waals surface area contributed by atoms with Crippen LogP contribution in [0, 0.1) is 0 Å². The van der Waals surface area contributed by atoms with Crippen LogP contribution in [-0.2, 0) is 22.6 Å². The topological polar surface area (TPSA) is 76.9 Å². The van der Waals surface area contributed by atoms with Gasteiger partial charge in [-0.1, -0.05) is 0 Å². The summed E-state index contributed by atoms with van der Waals surface area (Å²) in [6, 6.07) is 1.74. The molecule has 2 rings (SSSR count). The lowest BCUT2D eigenvalue weighted by molar-refractivity contribution is 0.0236. The molecule has 0 saturated carbocycles. The maximum absolute atomic E-state index is 12.7. The summed E-state index contributed by atoms with van der Waals surface area (Å²) >= 11 is 0. The second-order valence-corrected chi connectivity index (χ2v) is 9.42. The normalized spacial score (nSPS) is 15.1. The molecule has 0 spiro atoms. The molecule has 0 atom stereocenters. The van der Waals surface area contributed by atoms with Crippen molar-refractivity contribution in [2.45, 2.75) is 92.1 Å². The first kappa shape index (κ1) is 22.0. The fraction of sp³-hybridized carbons (Fsp3) is 0.750. The first-order chi connectivity index (χ1) is 12.8. The summed E-state index contributed by atoms with van der Waals surface area (Å²) in [7, 11) is 0. The first-order valence-corrected chi connectivity index (χ1v) is 9.84. The van der Waals surface area contributed by atoms with Gasteiger partial charge in [0, 0.05) is 25.2 Å². The van der Waals surface area contributed by atoms with E-state index in [2.05, 4.69) is 5.10 Å². The molecule has 0 unspecified atom stereocenters. The van der Waals surface area contributed by atoms with Gasteiger partial charge in [0.15, 0.2) is 5.82 Å². The summed E-state index contributed by atoms with van der Waals surface area (Å²) in [6.07, 6.45) is -0.00194. The van der Waals surface area contributed by atoms with Gasteiger partial charge in [-0.25, -0.2) is 9.59 Å². The van der Waals surface area contributed by atoms with Crippen LogP contribution in [0.25, 0.3) is 0 Å². The van der Waals surface area contributed by atoms with E-state index in [1.54, 1.807) is 9.80 Å². The molecule has 0 bridgehead atoms. The van der Waals surface area contributed by atoms with Crippen molar-refractivity contribution in [1.82, 2.24) is 14.7 Å². The van der Waals surface area contributed by atoms with Crippen LogP contribution in [0.15, 0.2) is 6.07 Å².